The highest BCUT2D eigenvalue weighted by Crippen LogP contribution is 2.26. The molecule has 0 aliphatic heterocycles. The summed E-state index contributed by atoms with van der Waals surface area (Å²) in [6.45, 7) is 6.32. The number of oxazole rings is 1. The molecule has 0 atom stereocenters. The van der Waals surface area contributed by atoms with Gasteiger partial charge in [0.25, 0.3) is 0 Å². The second-order valence-corrected chi connectivity index (χ2v) is 8.14. The second-order valence-electron chi connectivity index (χ2n) is 7.25. The van der Waals surface area contributed by atoms with E-state index in [1.165, 1.54) is 0 Å². The van der Waals surface area contributed by atoms with E-state index in [4.69, 9.17) is 4.42 Å². The molecular weight excluding hydrogens is 356 g/mol. The highest BCUT2D eigenvalue weighted by molar-refractivity contribution is 7.13. The van der Waals surface area contributed by atoms with Crippen LogP contribution in [0.5, 0.6) is 0 Å². The van der Waals surface area contributed by atoms with E-state index in [2.05, 4.69) is 53.2 Å². The van der Waals surface area contributed by atoms with Crippen LogP contribution in [0.25, 0.3) is 22.9 Å². The van der Waals surface area contributed by atoms with Crippen LogP contribution in [-0.2, 0) is 5.41 Å². The number of pyridine rings is 1. The molecule has 1 N–H and O–H groups in total. The molecule has 0 saturated carbocycles. The molecule has 0 saturated heterocycles. The van der Waals surface area contributed by atoms with E-state index in [-0.39, 0.29) is 5.41 Å². The molecule has 3 aromatic heterocycles. The number of thiazole rings is 1. The fourth-order valence-corrected chi connectivity index (χ4v) is 3.21. The van der Waals surface area contributed by atoms with Crippen LogP contribution >= 0.6 is 11.3 Å². The van der Waals surface area contributed by atoms with Crippen LogP contribution in [-0.4, -0.2) is 15.0 Å². The van der Waals surface area contributed by atoms with E-state index < -0.39 is 0 Å². The first kappa shape index (κ1) is 17.4. The summed E-state index contributed by atoms with van der Waals surface area (Å²) in [6.07, 6.45) is 9.35. The zero-order valence-corrected chi connectivity index (χ0v) is 16.2. The topological polar surface area (TPSA) is 63.8 Å². The minimum Gasteiger partial charge on any atom is -0.441 e. The Bertz CT molecular complexity index is 1090. The molecule has 0 spiro atoms. The van der Waals surface area contributed by atoms with Gasteiger partial charge in [-0.2, -0.15) is 0 Å². The van der Waals surface area contributed by atoms with Gasteiger partial charge < -0.3 is 9.73 Å². The van der Waals surface area contributed by atoms with Crippen molar-refractivity contribution in [1.82, 2.24) is 15.0 Å². The lowest BCUT2D eigenvalue weighted by molar-refractivity contribution is 0.403. The summed E-state index contributed by atoms with van der Waals surface area (Å²) in [5, 5.41) is 8.17. The summed E-state index contributed by atoms with van der Waals surface area (Å²) >= 11 is 1.54. The lowest BCUT2D eigenvalue weighted by atomic mass is 9.94. The Hall–Kier alpha value is -2.99. The van der Waals surface area contributed by atoms with E-state index in [1.54, 1.807) is 23.7 Å². The van der Waals surface area contributed by atoms with Crippen LogP contribution in [0.3, 0.4) is 0 Å². The number of nitrogens with one attached hydrogen (secondary N) is 1. The van der Waals surface area contributed by atoms with Crippen molar-refractivity contribution in [3.8, 4) is 0 Å². The Kier molecular flexibility index (Phi) is 4.49. The van der Waals surface area contributed by atoms with Crippen molar-refractivity contribution in [3.63, 3.8) is 0 Å². The molecule has 0 amide bonds. The minimum atomic E-state index is -0.0550. The Morgan fingerprint density at radius 3 is 2.70 bits per heavy atom. The number of hydrogen-bond donors (Lipinski definition) is 1. The second kappa shape index (κ2) is 6.96. The zero-order chi connectivity index (χ0) is 18.9. The third kappa shape index (κ3) is 3.90. The summed E-state index contributed by atoms with van der Waals surface area (Å²) < 4.78 is 5.85. The SMILES string of the molecule is CC(C)(C)c1cnc(C=Cc2cccc3cnc(Nc4nccs4)cc23)o1. The van der Waals surface area contributed by atoms with Crippen LogP contribution in [0.4, 0.5) is 10.9 Å². The smallest absolute Gasteiger partial charge is 0.218 e. The molecule has 6 heteroatoms. The van der Waals surface area contributed by atoms with E-state index in [1.807, 2.05) is 35.9 Å². The van der Waals surface area contributed by atoms with Gasteiger partial charge in [0.1, 0.15) is 11.6 Å². The minimum absolute atomic E-state index is 0.0550. The molecule has 1 aromatic carbocycles. The first-order chi connectivity index (χ1) is 13.0. The molecule has 136 valence electrons. The molecule has 0 fully saturated rings. The van der Waals surface area contributed by atoms with Gasteiger partial charge in [0.15, 0.2) is 5.13 Å². The standard InChI is InChI=1S/C21H20N4OS/c1-21(2,3)17-13-24-19(26-17)8-7-14-5-4-6-15-12-23-18(11-16(14)15)25-20-22-9-10-27-20/h4-13H,1-3H3,(H,22,23,25). The van der Waals surface area contributed by atoms with Crippen LogP contribution in [0.15, 0.2) is 52.7 Å². The first-order valence-corrected chi connectivity index (χ1v) is 9.57. The molecular formula is C21H20N4OS. The zero-order valence-electron chi connectivity index (χ0n) is 15.4. The number of benzene rings is 1. The maximum Gasteiger partial charge on any atom is 0.218 e. The van der Waals surface area contributed by atoms with Crippen molar-refractivity contribution in [2.24, 2.45) is 0 Å². The van der Waals surface area contributed by atoms with Gasteiger partial charge in [-0.3, -0.25) is 0 Å². The van der Waals surface area contributed by atoms with Crippen LogP contribution < -0.4 is 5.32 Å². The summed E-state index contributed by atoms with van der Waals surface area (Å²) in [5.41, 5.74) is 1.02. The Balaban J connectivity index is 1.65. The van der Waals surface area contributed by atoms with Crippen molar-refractivity contribution < 1.29 is 4.42 Å². The summed E-state index contributed by atoms with van der Waals surface area (Å²) in [6, 6.07) is 8.18. The van der Waals surface area contributed by atoms with Crippen LogP contribution in [0.2, 0.25) is 0 Å². The highest BCUT2D eigenvalue weighted by Gasteiger charge is 2.18. The molecule has 0 radical (unpaired) electrons. The molecule has 0 unspecified atom stereocenters. The van der Waals surface area contributed by atoms with Crippen molar-refractivity contribution in [2.45, 2.75) is 26.2 Å². The van der Waals surface area contributed by atoms with Gasteiger partial charge in [0, 0.05) is 34.7 Å². The number of aromatic nitrogens is 3. The largest absolute Gasteiger partial charge is 0.441 e. The third-order valence-electron chi connectivity index (χ3n) is 4.13. The van der Waals surface area contributed by atoms with Gasteiger partial charge in [-0.1, -0.05) is 39.0 Å². The maximum atomic E-state index is 5.85. The molecule has 4 rings (SSSR count). The van der Waals surface area contributed by atoms with E-state index in [0.717, 1.165) is 33.0 Å². The van der Waals surface area contributed by atoms with Gasteiger partial charge in [-0.25, -0.2) is 15.0 Å². The molecule has 5 nitrogen and oxygen atoms in total. The average Bonchev–Trinajstić information content (AvgIpc) is 3.31. The number of hydrogen-bond acceptors (Lipinski definition) is 6. The van der Waals surface area contributed by atoms with Gasteiger partial charge in [-0.15, -0.1) is 11.3 Å². The molecule has 0 bridgehead atoms. The van der Waals surface area contributed by atoms with Gasteiger partial charge >= 0.3 is 0 Å². The summed E-state index contributed by atoms with van der Waals surface area (Å²) in [5.74, 6) is 2.25. The number of rotatable bonds is 4. The molecule has 27 heavy (non-hydrogen) atoms. The number of anilines is 2. The average molecular weight is 376 g/mol. The molecule has 3 heterocycles. The number of nitrogens with zero attached hydrogens (tertiary/aromatic N) is 3. The predicted octanol–water partition coefficient (Wildman–Crippen LogP) is 5.89. The molecule has 4 aromatic rings. The Morgan fingerprint density at radius 1 is 1.07 bits per heavy atom. The lowest BCUT2D eigenvalue weighted by Crippen LogP contribution is -2.09. The Labute approximate surface area is 161 Å². The van der Waals surface area contributed by atoms with Crippen molar-refractivity contribution in [2.75, 3.05) is 5.32 Å². The summed E-state index contributed by atoms with van der Waals surface area (Å²) in [7, 11) is 0. The van der Waals surface area contributed by atoms with E-state index in [0.29, 0.717) is 5.89 Å². The number of fused-ring (bicyclic) bond motifs is 1. The fraction of sp³-hybridized carbons (Fsp3) is 0.190. The van der Waals surface area contributed by atoms with Crippen molar-refractivity contribution >= 4 is 45.2 Å². The predicted molar refractivity (Wildman–Crippen MR) is 111 cm³/mol. The fourth-order valence-electron chi connectivity index (χ4n) is 2.67. The van der Waals surface area contributed by atoms with Crippen molar-refractivity contribution in [1.29, 1.82) is 0 Å². The maximum absolute atomic E-state index is 5.85. The monoisotopic (exact) mass is 376 g/mol. The van der Waals surface area contributed by atoms with Crippen LogP contribution in [0.1, 0.15) is 38.0 Å². The van der Waals surface area contributed by atoms with E-state index >= 15 is 0 Å². The quantitative estimate of drug-likeness (QED) is 0.481. The summed E-state index contributed by atoms with van der Waals surface area (Å²) in [4.78, 5) is 13.1. The van der Waals surface area contributed by atoms with E-state index in [9.17, 15) is 0 Å². The van der Waals surface area contributed by atoms with Crippen LogP contribution in [0, 0.1) is 0 Å². The lowest BCUT2D eigenvalue weighted by Gasteiger charge is -2.12. The third-order valence-corrected chi connectivity index (χ3v) is 4.82. The van der Waals surface area contributed by atoms with Gasteiger partial charge in [0.05, 0.1) is 6.20 Å². The van der Waals surface area contributed by atoms with Gasteiger partial charge in [0.2, 0.25) is 5.89 Å². The first-order valence-electron chi connectivity index (χ1n) is 8.69. The normalized spacial score (nSPS) is 12.1. The molecule has 0 aliphatic carbocycles. The Morgan fingerprint density at radius 2 is 1.96 bits per heavy atom. The molecule has 0 aliphatic rings. The van der Waals surface area contributed by atoms with Crippen molar-refractivity contribution in [3.05, 3.63) is 65.5 Å². The highest BCUT2D eigenvalue weighted by atomic mass is 32.1. The van der Waals surface area contributed by atoms with Gasteiger partial charge in [-0.05, 0) is 23.1 Å².